The van der Waals surface area contributed by atoms with Crippen molar-refractivity contribution in [1.29, 1.82) is 0 Å². The van der Waals surface area contributed by atoms with E-state index in [1.807, 2.05) is 6.07 Å². The molecule has 2 heterocycles. The molecule has 2 rings (SSSR count). The molecule has 4 nitrogen and oxygen atoms in total. The number of nitrogens with one attached hydrogen (secondary N) is 1. The molecule has 0 aromatic carbocycles. The molecule has 4 heteroatoms. The highest BCUT2D eigenvalue weighted by molar-refractivity contribution is 5.26. The molecule has 0 aliphatic carbocycles. The smallest absolute Gasteiger partial charge is 0.216 e. The maximum atomic E-state index is 5.65. The van der Waals surface area contributed by atoms with Crippen LogP contribution in [-0.2, 0) is 0 Å². The number of hydrogen-bond donors (Lipinski definition) is 1. The van der Waals surface area contributed by atoms with E-state index in [4.69, 9.17) is 9.47 Å². The average Bonchev–Trinajstić information content (AvgIpc) is 2.79. The van der Waals surface area contributed by atoms with Crippen LogP contribution in [0.3, 0.4) is 0 Å². The van der Waals surface area contributed by atoms with Gasteiger partial charge in [-0.3, -0.25) is 0 Å². The van der Waals surface area contributed by atoms with E-state index < -0.39 is 0 Å². The highest BCUT2D eigenvalue weighted by atomic mass is 16.5. The molecule has 1 fully saturated rings. The molecule has 1 aromatic rings. The third-order valence-corrected chi connectivity index (χ3v) is 2.53. The van der Waals surface area contributed by atoms with Crippen molar-refractivity contribution in [1.82, 2.24) is 10.3 Å². The predicted octanol–water partition coefficient (Wildman–Crippen LogP) is 1.22. The van der Waals surface area contributed by atoms with E-state index in [1.54, 1.807) is 19.4 Å². The van der Waals surface area contributed by atoms with Crippen LogP contribution in [0.5, 0.6) is 11.6 Å². The Balaban J connectivity index is 1.86. The van der Waals surface area contributed by atoms with E-state index in [0.29, 0.717) is 18.5 Å². The summed E-state index contributed by atoms with van der Waals surface area (Å²) in [6.07, 6.45) is 4.13. The second kappa shape index (κ2) is 4.98. The summed E-state index contributed by atoms with van der Waals surface area (Å²) in [5, 5.41) is 3.38. The zero-order valence-electron chi connectivity index (χ0n) is 8.90. The fourth-order valence-electron chi connectivity index (χ4n) is 1.69. The number of aromatic nitrogens is 1. The first-order valence-corrected chi connectivity index (χ1v) is 5.25. The molecule has 0 bridgehead atoms. The quantitative estimate of drug-likeness (QED) is 0.808. The molecule has 1 aliphatic heterocycles. The van der Waals surface area contributed by atoms with E-state index in [2.05, 4.69) is 10.3 Å². The van der Waals surface area contributed by atoms with Gasteiger partial charge in [0.05, 0.1) is 7.11 Å². The highest BCUT2D eigenvalue weighted by Gasteiger charge is 2.14. The van der Waals surface area contributed by atoms with Crippen molar-refractivity contribution < 1.29 is 9.47 Å². The SMILES string of the molecule is COc1cc(OCC2CCCN2)ccn1. The second-order valence-electron chi connectivity index (χ2n) is 3.64. The Hall–Kier alpha value is -1.29. The first kappa shape index (κ1) is 10.2. The van der Waals surface area contributed by atoms with Crippen molar-refractivity contribution >= 4 is 0 Å². The van der Waals surface area contributed by atoms with E-state index in [0.717, 1.165) is 12.3 Å². The lowest BCUT2D eigenvalue weighted by molar-refractivity contribution is 0.275. The van der Waals surface area contributed by atoms with E-state index in [1.165, 1.54) is 12.8 Å². The van der Waals surface area contributed by atoms with E-state index in [-0.39, 0.29) is 0 Å². The van der Waals surface area contributed by atoms with Gasteiger partial charge >= 0.3 is 0 Å². The Kier molecular flexibility index (Phi) is 3.40. The summed E-state index contributed by atoms with van der Waals surface area (Å²) in [5.41, 5.74) is 0. The molecule has 0 spiro atoms. The summed E-state index contributed by atoms with van der Waals surface area (Å²) >= 11 is 0. The van der Waals surface area contributed by atoms with Crippen LogP contribution in [0, 0.1) is 0 Å². The van der Waals surface area contributed by atoms with Crippen molar-refractivity contribution in [3.63, 3.8) is 0 Å². The van der Waals surface area contributed by atoms with Gasteiger partial charge in [-0.15, -0.1) is 0 Å². The molecule has 1 aliphatic rings. The Morgan fingerprint density at radius 1 is 1.60 bits per heavy atom. The number of hydrogen-bond acceptors (Lipinski definition) is 4. The summed E-state index contributed by atoms with van der Waals surface area (Å²) in [7, 11) is 1.60. The minimum absolute atomic E-state index is 0.490. The Bertz CT molecular complexity index is 311. The van der Waals surface area contributed by atoms with E-state index >= 15 is 0 Å². The number of nitrogens with zero attached hydrogens (tertiary/aromatic N) is 1. The first-order valence-electron chi connectivity index (χ1n) is 5.25. The summed E-state index contributed by atoms with van der Waals surface area (Å²) in [6, 6.07) is 4.14. The predicted molar refractivity (Wildman–Crippen MR) is 57.3 cm³/mol. The first-order chi connectivity index (χ1) is 7.38. The second-order valence-corrected chi connectivity index (χ2v) is 3.64. The Morgan fingerprint density at radius 3 is 3.27 bits per heavy atom. The van der Waals surface area contributed by atoms with Crippen LogP contribution in [0.2, 0.25) is 0 Å². The number of ether oxygens (including phenoxy) is 2. The van der Waals surface area contributed by atoms with Gasteiger partial charge in [0.2, 0.25) is 5.88 Å². The largest absolute Gasteiger partial charge is 0.492 e. The lowest BCUT2D eigenvalue weighted by Crippen LogP contribution is -2.28. The van der Waals surface area contributed by atoms with Gasteiger partial charge < -0.3 is 14.8 Å². The standard InChI is InChI=1S/C11H16N2O2/c1-14-11-7-10(4-6-13-11)15-8-9-3-2-5-12-9/h4,6-7,9,12H,2-3,5,8H2,1H3. The van der Waals surface area contributed by atoms with Crippen molar-refractivity contribution in [3.05, 3.63) is 18.3 Å². The van der Waals surface area contributed by atoms with Gasteiger partial charge in [-0.25, -0.2) is 4.98 Å². The maximum Gasteiger partial charge on any atom is 0.216 e. The van der Waals surface area contributed by atoms with Gasteiger partial charge in [-0.1, -0.05) is 0 Å². The van der Waals surface area contributed by atoms with Crippen LogP contribution in [-0.4, -0.2) is 31.3 Å². The topological polar surface area (TPSA) is 43.4 Å². The fourth-order valence-corrected chi connectivity index (χ4v) is 1.69. The molecule has 1 saturated heterocycles. The molecule has 0 radical (unpaired) electrons. The number of rotatable bonds is 4. The third kappa shape index (κ3) is 2.83. The molecular weight excluding hydrogens is 192 g/mol. The average molecular weight is 208 g/mol. The summed E-state index contributed by atoms with van der Waals surface area (Å²) in [5.74, 6) is 1.41. The van der Waals surface area contributed by atoms with Crippen molar-refractivity contribution in [3.8, 4) is 11.6 Å². The van der Waals surface area contributed by atoms with Gasteiger partial charge in [0.25, 0.3) is 0 Å². The van der Waals surface area contributed by atoms with E-state index in [9.17, 15) is 0 Å². The van der Waals surface area contributed by atoms with Crippen LogP contribution in [0.15, 0.2) is 18.3 Å². The third-order valence-electron chi connectivity index (χ3n) is 2.53. The number of methoxy groups -OCH3 is 1. The monoisotopic (exact) mass is 208 g/mol. The molecule has 1 atom stereocenters. The molecule has 0 amide bonds. The molecule has 15 heavy (non-hydrogen) atoms. The molecule has 82 valence electrons. The minimum Gasteiger partial charge on any atom is -0.492 e. The number of pyridine rings is 1. The van der Waals surface area contributed by atoms with Crippen LogP contribution >= 0.6 is 0 Å². The molecular formula is C11H16N2O2. The van der Waals surface area contributed by atoms with Gasteiger partial charge in [0.15, 0.2) is 0 Å². The molecule has 1 unspecified atom stereocenters. The minimum atomic E-state index is 0.490. The Morgan fingerprint density at radius 2 is 2.53 bits per heavy atom. The van der Waals surface area contributed by atoms with Gasteiger partial charge in [-0.2, -0.15) is 0 Å². The molecule has 1 aromatic heterocycles. The van der Waals surface area contributed by atoms with Gasteiger partial charge in [0, 0.05) is 18.3 Å². The Labute approximate surface area is 89.6 Å². The lowest BCUT2D eigenvalue weighted by Gasteiger charge is -2.12. The lowest BCUT2D eigenvalue weighted by atomic mass is 10.2. The normalized spacial score (nSPS) is 20.2. The molecule has 1 N–H and O–H groups in total. The fraction of sp³-hybridized carbons (Fsp3) is 0.545. The van der Waals surface area contributed by atoms with Crippen LogP contribution in [0.4, 0.5) is 0 Å². The van der Waals surface area contributed by atoms with Crippen LogP contribution in [0.1, 0.15) is 12.8 Å². The maximum absolute atomic E-state index is 5.65. The summed E-state index contributed by atoms with van der Waals surface area (Å²) in [6.45, 7) is 1.82. The zero-order valence-corrected chi connectivity index (χ0v) is 8.90. The van der Waals surface area contributed by atoms with Gasteiger partial charge in [-0.05, 0) is 25.5 Å². The molecule has 0 saturated carbocycles. The van der Waals surface area contributed by atoms with Gasteiger partial charge in [0.1, 0.15) is 12.4 Å². The summed E-state index contributed by atoms with van der Waals surface area (Å²) in [4.78, 5) is 4.02. The van der Waals surface area contributed by atoms with Crippen molar-refractivity contribution in [2.75, 3.05) is 20.3 Å². The summed E-state index contributed by atoms with van der Waals surface area (Å²) < 4.78 is 10.7. The zero-order chi connectivity index (χ0) is 10.5. The van der Waals surface area contributed by atoms with Crippen LogP contribution < -0.4 is 14.8 Å². The van der Waals surface area contributed by atoms with Crippen molar-refractivity contribution in [2.24, 2.45) is 0 Å². The highest BCUT2D eigenvalue weighted by Crippen LogP contribution is 2.16. The van der Waals surface area contributed by atoms with Crippen molar-refractivity contribution in [2.45, 2.75) is 18.9 Å². The van der Waals surface area contributed by atoms with Crippen LogP contribution in [0.25, 0.3) is 0 Å².